The van der Waals surface area contributed by atoms with Crippen molar-refractivity contribution in [1.29, 1.82) is 0 Å². The molecule has 0 saturated carbocycles. The van der Waals surface area contributed by atoms with Crippen LogP contribution < -0.4 is 4.90 Å². The third kappa shape index (κ3) is 2.78. The van der Waals surface area contributed by atoms with E-state index < -0.39 is 0 Å². The number of carbonyl (C=O) groups excluding carboxylic acids is 2. The smallest absolute Gasteiger partial charge is 0.258 e. The van der Waals surface area contributed by atoms with Gasteiger partial charge in [-0.1, -0.05) is 18.2 Å². The number of pyridine rings is 2. The van der Waals surface area contributed by atoms with Crippen molar-refractivity contribution >= 4 is 17.5 Å². The van der Waals surface area contributed by atoms with E-state index in [0.717, 1.165) is 11.3 Å². The van der Waals surface area contributed by atoms with E-state index in [0.29, 0.717) is 17.7 Å². The summed E-state index contributed by atoms with van der Waals surface area (Å²) in [5, 5.41) is 10.1. The fraction of sp³-hybridized carbons (Fsp3) is 0.217. The van der Waals surface area contributed by atoms with E-state index >= 15 is 0 Å². The number of nitrogens with zero attached hydrogens (tertiary/aromatic N) is 4. The largest absolute Gasteiger partial charge is 0.394 e. The highest BCUT2D eigenvalue weighted by molar-refractivity contribution is 6.07. The molecule has 150 valence electrons. The Morgan fingerprint density at radius 3 is 2.13 bits per heavy atom. The van der Waals surface area contributed by atoms with Crippen molar-refractivity contribution in [1.82, 2.24) is 14.9 Å². The summed E-state index contributed by atoms with van der Waals surface area (Å²) in [6.07, 6.45) is 6.34. The first-order valence-corrected chi connectivity index (χ1v) is 9.85. The molecule has 0 aliphatic carbocycles. The molecular weight excluding hydrogens is 380 g/mol. The van der Waals surface area contributed by atoms with E-state index in [1.54, 1.807) is 58.9 Å². The lowest BCUT2D eigenvalue weighted by molar-refractivity contribution is -0.0246. The highest BCUT2D eigenvalue weighted by atomic mass is 16.3. The molecule has 3 atom stereocenters. The Bertz CT molecular complexity index is 1090. The molecule has 5 rings (SSSR count). The average molecular weight is 400 g/mol. The Balaban J connectivity index is 1.54. The van der Waals surface area contributed by atoms with Gasteiger partial charge >= 0.3 is 0 Å². The van der Waals surface area contributed by atoms with Crippen LogP contribution in [0.4, 0.5) is 5.69 Å². The number of anilines is 1. The molecule has 0 unspecified atom stereocenters. The Hall–Kier alpha value is -3.58. The summed E-state index contributed by atoms with van der Waals surface area (Å²) in [6.45, 7) is 0.237. The van der Waals surface area contributed by atoms with E-state index in [2.05, 4.69) is 9.97 Å². The Kier molecular flexibility index (Phi) is 4.52. The first-order chi connectivity index (χ1) is 14.7. The molecule has 2 aliphatic heterocycles. The number of carbonyl (C=O) groups is 2. The van der Waals surface area contributed by atoms with Crippen molar-refractivity contribution in [2.24, 2.45) is 0 Å². The number of para-hydroxylation sites is 1. The van der Waals surface area contributed by atoms with Gasteiger partial charge in [0.1, 0.15) is 0 Å². The lowest BCUT2D eigenvalue weighted by Gasteiger charge is -2.58. The first kappa shape index (κ1) is 18.4. The molecule has 1 N–H and O–H groups in total. The van der Waals surface area contributed by atoms with Crippen LogP contribution in [0.2, 0.25) is 0 Å². The van der Waals surface area contributed by atoms with Crippen LogP contribution in [0.25, 0.3) is 0 Å². The number of amides is 2. The summed E-state index contributed by atoms with van der Waals surface area (Å²) in [6, 6.07) is 13.9. The van der Waals surface area contributed by atoms with Crippen LogP contribution in [-0.4, -0.2) is 57.0 Å². The molecule has 4 heterocycles. The summed E-state index contributed by atoms with van der Waals surface area (Å²) in [7, 11) is 0. The van der Waals surface area contributed by atoms with Gasteiger partial charge in [-0.25, -0.2) is 0 Å². The minimum atomic E-state index is -0.324. The average Bonchev–Trinajstić information content (AvgIpc) is 2.80. The van der Waals surface area contributed by atoms with Crippen LogP contribution in [0.1, 0.15) is 32.2 Å². The molecule has 1 aromatic carbocycles. The zero-order chi connectivity index (χ0) is 20.7. The van der Waals surface area contributed by atoms with Crippen LogP contribution >= 0.6 is 0 Å². The second kappa shape index (κ2) is 7.35. The summed E-state index contributed by atoms with van der Waals surface area (Å²) in [5.41, 5.74) is 2.88. The highest BCUT2D eigenvalue weighted by Gasteiger charge is 2.55. The van der Waals surface area contributed by atoms with Crippen LogP contribution in [0.5, 0.6) is 0 Å². The molecule has 3 aromatic rings. The van der Waals surface area contributed by atoms with E-state index in [4.69, 9.17) is 0 Å². The minimum Gasteiger partial charge on any atom is -0.394 e. The number of likely N-dealkylation sites (tertiary alicyclic amines) is 1. The predicted octanol–water partition coefficient (Wildman–Crippen LogP) is 2.11. The number of aromatic nitrogens is 2. The monoisotopic (exact) mass is 400 g/mol. The van der Waals surface area contributed by atoms with E-state index in [1.165, 1.54) is 0 Å². The normalized spacial score (nSPS) is 22.0. The number of benzene rings is 1. The van der Waals surface area contributed by atoms with Crippen LogP contribution in [0.3, 0.4) is 0 Å². The molecule has 0 spiro atoms. The second-order valence-electron chi connectivity index (χ2n) is 7.50. The maximum Gasteiger partial charge on any atom is 0.258 e. The highest BCUT2D eigenvalue weighted by Crippen LogP contribution is 2.48. The van der Waals surface area contributed by atoms with Crippen molar-refractivity contribution in [3.05, 3.63) is 90.0 Å². The summed E-state index contributed by atoms with van der Waals surface area (Å²) >= 11 is 0. The Morgan fingerprint density at radius 2 is 1.50 bits per heavy atom. The van der Waals surface area contributed by atoms with Crippen LogP contribution in [0, 0.1) is 0 Å². The summed E-state index contributed by atoms with van der Waals surface area (Å²) in [4.78, 5) is 37.9. The molecule has 0 radical (unpaired) electrons. The fourth-order valence-electron chi connectivity index (χ4n) is 4.65. The van der Waals surface area contributed by atoms with E-state index in [1.807, 2.05) is 24.3 Å². The minimum absolute atomic E-state index is 0.0153. The SMILES string of the molecule is O=C(c1ccncc1)N1C[C@@H]2[C@H](c3ccccc31)[C@@H](CO)N2C(=O)c1ccncc1. The molecule has 2 amide bonds. The third-order valence-corrected chi connectivity index (χ3v) is 6.02. The van der Waals surface area contributed by atoms with Gasteiger partial charge in [-0.2, -0.15) is 0 Å². The van der Waals surface area contributed by atoms with Crippen molar-refractivity contribution in [3.63, 3.8) is 0 Å². The van der Waals surface area contributed by atoms with E-state index in [9.17, 15) is 14.7 Å². The molecule has 7 heteroatoms. The molecular formula is C23H20N4O3. The van der Waals surface area contributed by atoms with Gasteiger partial charge in [-0.15, -0.1) is 0 Å². The van der Waals surface area contributed by atoms with Gasteiger partial charge in [-0.05, 0) is 35.9 Å². The maximum absolute atomic E-state index is 13.3. The zero-order valence-electron chi connectivity index (χ0n) is 16.1. The molecule has 1 saturated heterocycles. The number of hydrogen-bond acceptors (Lipinski definition) is 5. The number of rotatable bonds is 3. The van der Waals surface area contributed by atoms with Crippen molar-refractivity contribution in [2.45, 2.75) is 18.0 Å². The van der Waals surface area contributed by atoms with Crippen molar-refractivity contribution < 1.29 is 14.7 Å². The molecule has 7 nitrogen and oxygen atoms in total. The van der Waals surface area contributed by atoms with Gasteiger partial charge in [0.05, 0.1) is 18.7 Å². The number of hydrogen-bond donors (Lipinski definition) is 1. The van der Waals surface area contributed by atoms with Crippen LogP contribution in [0.15, 0.2) is 73.3 Å². The Morgan fingerprint density at radius 1 is 0.900 bits per heavy atom. The van der Waals surface area contributed by atoms with Gasteiger partial charge in [0.15, 0.2) is 0 Å². The lowest BCUT2D eigenvalue weighted by atomic mass is 9.71. The van der Waals surface area contributed by atoms with Crippen molar-refractivity contribution in [3.8, 4) is 0 Å². The van der Waals surface area contributed by atoms with Gasteiger partial charge in [0.25, 0.3) is 11.8 Å². The van der Waals surface area contributed by atoms with Gasteiger partial charge in [0, 0.05) is 54.1 Å². The molecule has 30 heavy (non-hydrogen) atoms. The molecule has 1 fully saturated rings. The number of aliphatic hydroxyl groups excluding tert-OH is 1. The van der Waals surface area contributed by atoms with Gasteiger partial charge in [0.2, 0.25) is 0 Å². The molecule has 2 aromatic heterocycles. The van der Waals surface area contributed by atoms with Crippen molar-refractivity contribution in [2.75, 3.05) is 18.1 Å². The fourth-order valence-corrected chi connectivity index (χ4v) is 4.65. The molecule has 0 bridgehead atoms. The third-order valence-electron chi connectivity index (χ3n) is 6.02. The Labute approximate surface area is 173 Å². The number of fused-ring (bicyclic) bond motifs is 3. The van der Waals surface area contributed by atoms with Crippen LogP contribution in [-0.2, 0) is 0 Å². The van der Waals surface area contributed by atoms with E-state index in [-0.39, 0.29) is 36.4 Å². The first-order valence-electron chi connectivity index (χ1n) is 9.85. The zero-order valence-corrected chi connectivity index (χ0v) is 16.1. The quantitative estimate of drug-likeness (QED) is 0.728. The standard InChI is InChI=1S/C23H20N4O3/c28-14-20-21-17-3-1-2-4-18(17)26(22(29)15-5-9-24-10-6-15)13-19(21)27(20)23(30)16-7-11-25-12-8-16/h1-12,19-21,28H,13-14H2/t19-,20-,21+/m1/s1. The summed E-state index contributed by atoms with van der Waals surface area (Å²) < 4.78 is 0. The maximum atomic E-state index is 13.3. The second-order valence-corrected chi connectivity index (χ2v) is 7.50. The molecule has 2 aliphatic rings. The van der Waals surface area contributed by atoms with Gasteiger partial charge in [-0.3, -0.25) is 19.6 Å². The lowest BCUT2D eigenvalue weighted by Crippen LogP contribution is -2.70. The van der Waals surface area contributed by atoms with Gasteiger partial charge < -0.3 is 14.9 Å². The summed E-state index contributed by atoms with van der Waals surface area (Å²) in [5.74, 6) is -0.307. The topological polar surface area (TPSA) is 86.6 Å². The predicted molar refractivity (Wildman–Crippen MR) is 110 cm³/mol. The number of aliphatic hydroxyl groups is 1.